The summed E-state index contributed by atoms with van der Waals surface area (Å²) in [5.74, 6) is -0.590. The largest absolute Gasteiger partial charge is 0.508 e. The Hall–Kier alpha value is -3.28. The van der Waals surface area contributed by atoms with Gasteiger partial charge in [0.25, 0.3) is 5.91 Å². The van der Waals surface area contributed by atoms with Gasteiger partial charge in [-0.3, -0.25) is 4.79 Å². The molecule has 4 rings (SSSR count). The number of halogens is 3. The van der Waals surface area contributed by atoms with Crippen LogP contribution in [0.3, 0.4) is 0 Å². The van der Waals surface area contributed by atoms with Gasteiger partial charge in [-0.2, -0.15) is 13.2 Å². The fraction of sp³-hybridized carbons (Fsp3) is 0.136. The number of aromatic hydroxyl groups is 1. The van der Waals surface area contributed by atoms with E-state index in [-0.39, 0.29) is 22.4 Å². The summed E-state index contributed by atoms with van der Waals surface area (Å²) in [5.41, 5.74) is 1.30. The number of phenols is 1. The molecule has 1 heterocycles. The molecule has 0 unspecified atom stereocenters. The Morgan fingerprint density at radius 2 is 1.46 bits per heavy atom. The molecule has 3 aromatic rings. The molecule has 142 valence electrons. The van der Waals surface area contributed by atoms with Crippen molar-refractivity contribution in [2.75, 3.05) is 0 Å². The SMILES string of the molecule is O=C(c1cc(O)ccc1-c1ccccc1C(F)(F)F)N1Cc2ccccc2C1. The van der Waals surface area contributed by atoms with Crippen LogP contribution in [0, 0.1) is 0 Å². The van der Waals surface area contributed by atoms with Gasteiger partial charge in [0.1, 0.15) is 5.75 Å². The number of carbonyl (C=O) groups is 1. The smallest absolute Gasteiger partial charge is 0.417 e. The van der Waals surface area contributed by atoms with Gasteiger partial charge in [-0.05, 0) is 46.5 Å². The van der Waals surface area contributed by atoms with E-state index in [2.05, 4.69) is 0 Å². The fourth-order valence-electron chi connectivity index (χ4n) is 3.56. The first-order valence-electron chi connectivity index (χ1n) is 8.70. The molecule has 1 N–H and O–H groups in total. The van der Waals surface area contributed by atoms with E-state index in [9.17, 15) is 23.1 Å². The summed E-state index contributed by atoms with van der Waals surface area (Å²) in [5, 5.41) is 9.89. The topological polar surface area (TPSA) is 40.5 Å². The standard InChI is InChI=1S/C22H16F3NO2/c23-22(24,25)20-8-4-3-7-18(20)17-10-9-16(27)11-19(17)21(28)26-12-14-5-1-2-6-15(14)13-26/h1-11,27H,12-13H2. The van der Waals surface area contributed by atoms with Gasteiger partial charge in [-0.15, -0.1) is 0 Å². The van der Waals surface area contributed by atoms with Crippen LogP contribution in [-0.4, -0.2) is 15.9 Å². The summed E-state index contributed by atoms with van der Waals surface area (Å²) in [6.07, 6.45) is -4.56. The molecule has 0 saturated carbocycles. The van der Waals surface area contributed by atoms with E-state index in [0.29, 0.717) is 13.1 Å². The van der Waals surface area contributed by atoms with Crippen molar-refractivity contribution in [1.82, 2.24) is 4.90 Å². The van der Waals surface area contributed by atoms with Gasteiger partial charge in [0.05, 0.1) is 11.1 Å². The highest BCUT2D eigenvalue weighted by Gasteiger charge is 2.35. The average Bonchev–Trinajstić information content (AvgIpc) is 3.11. The van der Waals surface area contributed by atoms with Crippen molar-refractivity contribution in [3.8, 4) is 16.9 Å². The van der Waals surface area contributed by atoms with Crippen LogP contribution in [0.4, 0.5) is 13.2 Å². The second-order valence-electron chi connectivity index (χ2n) is 6.70. The van der Waals surface area contributed by atoms with Crippen LogP contribution in [0.1, 0.15) is 27.0 Å². The molecule has 28 heavy (non-hydrogen) atoms. The summed E-state index contributed by atoms with van der Waals surface area (Å²) in [4.78, 5) is 14.7. The van der Waals surface area contributed by atoms with Crippen molar-refractivity contribution >= 4 is 5.91 Å². The van der Waals surface area contributed by atoms with E-state index < -0.39 is 17.6 Å². The molecule has 1 aliphatic rings. The number of nitrogens with zero attached hydrogens (tertiary/aromatic N) is 1. The van der Waals surface area contributed by atoms with Crippen molar-refractivity contribution in [2.24, 2.45) is 0 Å². The van der Waals surface area contributed by atoms with E-state index in [1.165, 1.54) is 36.4 Å². The number of carbonyl (C=O) groups excluding carboxylic acids is 1. The lowest BCUT2D eigenvalue weighted by atomic mass is 9.94. The highest BCUT2D eigenvalue weighted by atomic mass is 19.4. The third kappa shape index (κ3) is 3.22. The van der Waals surface area contributed by atoms with Crippen LogP contribution in [-0.2, 0) is 19.3 Å². The lowest BCUT2D eigenvalue weighted by Gasteiger charge is -2.20. The van der Waals surface area contributed by atoms with Gasteiger partial charge in [-0.25, -0.2) is 0 Å². The molecule has 0 atom stereocenters. The van der Waals surface area contributed by atoms with Crippen molar-refractivity contribution < 1.29 is 23.1 Å². The number of hydrogen-bond donors (Lipinski definition) is 1. The maximum Gasteiger partial charge on any atom is 0.417 e. The molecule has 0 fully saturated rings. The minimum Gasteiger partial charge on any atom is -0.508 e. The third-order valence-corrected chi connectivity index (χ3v) is 4.88. The quantitative estimate of drug-likeness (QED) is 0.658. The maximum atomic E-state index is 13.5. The maximum absolute atomic E-state index is 13.5. The minimum absolute atomic E-state index is 0.0458. The highest BCUT2D eigenvalue weighted by Crippen LogP contribution is 2.39. The fourth-order valence-corrected chi connectivity index (χ4v) is 3.56. The summed E-state index contributed by atoms with van der Waals surface area (Å²) in [7, 11) is 0. The zero-order valence-electron chi connectivity index (χ0n) is 14.7. The number of rotatable bonds is 2. The molecule has 0 bridgehead atoms. The minimum atomic E-state index is -4.56. The van der Waals surface area contributed by atoms with Gasteiger partial charge >= 0.3 is 6.18 Å². The number of benzene rings is 3. The predicted octanol–water partition coefficient (Wildman–Crippen LogP) is 5.23. The zero-order valence-corrected chi connectivity index (χ0v) is 14.7. The van der Waals surface area contributed by atoms with Gasteiger partial charge in [0, 0.05) is 13.1 Å². The van der Waals surface area contributed by atoms with Crippen LogP contribution < -0.4 is 0 Å². The molecular formula is C22H16F3NO2. The summed E-state index contributed by atoms with van der Waals surface area (Å²) in [6, 6.07) is 16.6. The molecule has 3 nitrogen and oxygen atoms in total. The third-order valence-electron chi connectivity index (χ3n) is 4.88. The van der Waals surface area contributed by atoms with Crippen molar-refractivity contribution in [2.45, 2.75) is 19.3 Å². The van der Waals surface area contributed by atoms with Crippen LogP contribution in [0.25, 0.3) is 11.1 Å². The number of amides is 1. The molecule has 0 radical (unpaired) electrons. The molecule has 3 aromatic carbocycles. The Kier molecular flexibility index (Phi) is 4.34. The number of phenolic OH excluding ortho intramolecular Hbond substituents is 1. The van der Waals surface area contributed by atoms with E-state index >= 15 is 0 Å². The first-order chi connectivity index (χ1) is 13.3. The molecule has 0 aromatic heterocycles. The van der Waals surface area contributed by atoms with E-state index in [1.807, 2.05) is 24.3 Å². The van der Waals surface area contributed by atoms with Crippen LogP contribution >= 0.6 is 0 Å². The summed E-state index contributed by atoms with van der Waals surface area (Å²) < 4.78 is 40.4. The predicted molar refractivity (Wildman–Crippen MR) is 98.6 cm³/mol. The lowest BCUT2D eigenvalue weighted by Crippen LogP contribution is -2.26. The van der Waals surface area contributed by atoms with Crippen molar-refractivity contribution in [1.29, 1.82) is 0 Å². The molecule has 0 saturated heterocycles. The van der Waals surface area contributed by atoms with E-state index in [4.69, 9.17) is 0 Å². The first-order valence-corrected chi connectivity index (χ1v) is 8.70. The zero-order chi connectivity index (χ0) is 19.9. The monoisotopic (exact) mass is 383 g/mol. The molecule has 1 amide bonds. The second-order valence-corrected chi connectivity index (χ2v) is 6.70. The molecule has 0 aliphatic carbocycles. The average molecular weight is 383 g/mol. The Balaban J connectivity index is 1.78. The number of fused-ring (bicyclic) bond motifs is 1. The van der Waals surface area contributed by atoms with E-state index in [1.54, 1.807) is 4.90 Å². The summed E-state index contributed by atoms with van der Waals surface area (Å²) in [6.45, 7) is 0.760. The van der Waals surface area contributed by atoms with Gasteiger partial charge in [0.15, 0.2) is 0 Å². The molecular weight excluding hydrogens is 367 g/mol. The van der Waals surface area contributed by atoms with E-state index in [0.717, 1.165) is 17.2 Å². The van der Waals surface area contributed by atoms with Gasteiger partial charge in [-0.1, -0.05) is 42.5 Å². The molecule has 1 aliphatic heterocycles. The Bertz CT molecular complexity index is 1030. The second kappa shape index (κ2) is 6.71. The highest BCUT2D eigenvalue weighted by molar-refractivity contribution is 6.02. The number of hydrogen-bond acceptors (Lipinski definition) is 2. The lowest BCUT2D eigenvalue weighted by molar-refractivity contribution is -0.137. The normalized spacial score (nSPS) is 13.5. The van der Waals surface area contributed by atoms with Crippen molar-refractivity contribution in [3.63, 3.8) is 0 Å². The number of alkyl halides is 3. The Labute approximate surface area is 159 Å². The summed E-state index contributed by atoms with van der Waals surface area (Å²) >= 11 is 0. The van der Waals surface area contributed by atoms with Crippen LogP contribution in [0.2, 0.25) is 0 Å². The van der Waals surface area contributed by atoms with Gasteiger partial charge in [0.2, 0.25) is 0 Å². The first kappa shape index (κ1) is 18.1. The van der Waals surface area contributed by atoms with Crippen LogP contribution in [0.15, 0.2) is 66.7 Å². The Morgan fingerprint density at radius 1 is 0.857 bits per heavy atom. The van der Waals surface area contributed by atoms with Crippen molar-refractivity contribution in [3.05, 3.63) is 89.0 Å². The Morgan fingerprint density at radius 3 is 2.11 bits per heavy atom. The van der Waals surface area contributed by atoms with Gasteiger partial charge < -0.3 is 10.0 Å². The van der Waals surface area contributed by atoms with Crippen LogP contribution in [0.5, 0.6) is 5.75 Å². The molecule has 0 spiro atoms. The molecule has 6 heteroatoms.